The number of halogens is 3. The first-order valence-corrected chi connectivity index (χ1v) is 18.7. The standard InChI is InChI=1S/C37H49F3N10O3/c1-36(2,3)53-35(52)47-14-12-46(13-15-47)24-20-48(21-24)31-9-10-45(22-37(31,39)40)19-23-6-5-7-29-25(23)8-11-49(29)32-17-28(41-4)33-42-18-30(50(33)44-32)34(51)43-27-16-26(27)38/h5-7,17-18,24,26-27,31,41H,8-16,19-22H2,1-4H3,(H,43,51)/t26-,27+,31?/m0/s1. The van der Waals surface area contributed by atoms with Crippen LogP contribution in [-0.2, 0) is 17.7 Å². The van der Waals surface area contributed by atoms with Crippen molar-refractivity contribution < 1.29 is 27.5 Å². The van der Waals surface area contributed by atoms with Crippen molar-refractivity contribution in [2.45, 2.75) is 82.4 Å². The van der Waals surface area contributed by atoms with E-state index in [9.17, 15) is 14.0 Å². The van der Waals surface area contributed by atoms with Gasteiger partial charge in [-0.3, -0.25) is 19.5 Å². The molecule has 3 aromatic rings. The van der Waals surface area contributed by atoms with E-state index in [0.717, 1.165) is 36.3 Å². The van der Waals surface area contributed by atoms with Crippen molar-refractivity contribution >= 4 is 34.8 Å². The summed E-state index contributed by atoms with van der Waals surface area (Å²) in [6.07, 6.45) is 1.56. The monoisotopic (exact) mass is 738 g/mol. The van der Waals surface area contributed by atoms with Gasteiger partial charge >= 0.3 is 6.09 Å². The molecule has 1 aliphatic carbocycles. The number of amides is 2. The van der Waals surface area contributed by atoms with E-state index in [4.69, 9.17) is 9.84 Å². The number of ether oxygens (including phenoxy) is 1. The summed E-state index contributed by atoms with van der Waals surface area (Å²) in [6.45, 7) is 10.8. The number of piperazine rings is 1. The number of hydrogen-bond acceptors (Lipinski definition) is 10. The second kappa shape index (κ2) is 13.6. The van der Waals surface area contributed by atoms with Gasteiger partial charge in [0.25, 0.3) is 11.8 Å². The third-order valence-corrected chi connectivity index (χ3v) is 11.2. The SMILES string of the molecule is CNc1cc(N2CCc3c(CN4CCC(N5CC(N6CCN(C(=O)OC(C)(C)C)CC6)C5)C(F)(F)C4)cccc32)nn2c(C(=O)N[C@@H]3C[C@@H]3F)cnc12. The van der Waals surface area contributed by atoms with E-state index < -0.39 is 35.7 Å². The molecule has 286 valence electrons. The van der Waals surface area contributed by atoms with Crippen LogP contribution in [0.4, 0.5) is 35.2 Å². The molecule has 16 heteroatoms. The molecule has 0 radical (unpaired) electrons. The summed E-state index contributed by atoms with van der Waals surface area (Å²) < 4.78 is 52.1. The quantitative estimate of drug-likeness (QED) is 0.355. The summed E-state index contributed by atoms with van der Waals surface area (Å²) in [6, 6.07) is 6.86. The molecule has 4 aliphatic heterocycles. The molecule has 2 amide bonds. The van der Waals surface area contributed by atoms with Crippen molar-refractivity contribution in [1.29, 1.82) is 0 Å². The number of piperidine rings is 1. The number of imidazole rings is 1. The Labute approximate surface area is 307 Å². The fourth-order valence-corrected chi connectivity index (χ4v) is 8.27. The highest BCUT2D eigenvalue weighted by Gasteiger charge is 2.51. The molecule has 0 bridgehead atoms. The van der Waals surface area contributed by atoms with Gasteiger partial charge in [-0.15, -0.1) is 5.10 Å². The Morgan fingerprint density at radius 3 is 2.49 bits per heavy atom. The number of benzene rings is 1. The van der Waals surface area contributed by atoms with E-state index in [1.807, 2.05) is 54.8 Å². The maximum absolute atomic E-state index is 15.8. The molecule has 3 saturated heterocycles. The number of carbonyl (C=O) groups excluding carboxylic acids is 2. The van der Waals surface area contributed by atoms with Gasteiger partial charge in [0.05, 0.1) is 30.5 Å². The minimum atomic E-state index is -2.84. The summed E-state index contributed by atoms with van der Waals surface area (Å²) >= 11 is 0. The first-order chi connectivity index (χ1) is 25.3. The Morgan fingerprint density at radius 2 is 1.81 bits per heavy atom. The molecule has 0 spiro atoms. The molecule has 3 atom stereocenters. The first kappa shape index (κ1) is 35.9. The third-order valence-electron chi connectivity index (χ3n) is 11.2. The number of nitrogens with one attached hydrogen (secondary N) is 2. The van der Waals surface area contributed by atoms with E-state index in [0.29, 0.717) is 75.8 Å². The molecule has 6 heterocycles. The molecule has 8 rings (SSSR count). The van der Waals surface area contributed by atoms with Gasteiger partial charge in [-0.1, -0.05) is 12.1 Å². The zero-order valence-corrected chi connectivity index (χ0v) is 30.8. The fourth-order valence-electron chi connectivity index (χ4n) is 8.27. The van der Waals surface area contributed by atoms with Crippen LogP contribution in [0.2, 0.25) is 0 Å². The highest BCUT2D eigenvalue weighted by molar-refractivity contribution is 5.94. The zero-order chi connectivity index (χ0) is 37.2. The number of hydrogen-bond donors (Lipinski definition) is 2. The maximum Gasteiger partial charge on any atom is 0.410 e. The van der Waals surface area contributed by atoms with Crippen molar-refractivity contribution in [3.8, 4) is 0 Å². The lowest BCUT2D eigenvalue weighted by Gasteiger charge is -2.53. The maximum atomic E-state index is 15.8. The predicted molar refractivity (Wildman–Crippen MR) is 194 cm³/mol. The van der Waals surface area contributed by atoms with E-state index in [1.165, 1.54) is 10.7 Å². The Kier molecular flexibility index (Phi) is 9.21. The lowest BCUT2D eigenvalue weighted by molar-refractivity contribution is -0.155. The van der Waals surface area contributed by atoms with Gasteiger partial charge in [0.15, 0.2) is 17.2 Å². The largest absolute Gasteiger partial charge is 0.444 e. The molecule has 53 heavy (non-hydrogen) atoms. The number of carbonyl (C=O) groups is 2. The smallest absolute Gasteiger partial charge is 0.410 e. The Hall–Kier alpha value is -4.15. The van der Waals surface area contributed by atoms with Crippen LogP contribution in [0, 0.1) is 0 Å². The van der Waals surface area contributed by atoms with E-state index in [-0.39, 0.29) is 24.4 Å². The predicted octanol–water partition coefficient (Wildman–Crippen LogP) is 3.75. The van der Waals surface area contributed by atoms with Crippen LogP contribution in [0.5, 0.6) is 0 Å². The van der Waals surface area contributed by atoms with Gasteiger partial charge in [0, 0.05) is 90.2 Å². The topological polar surface area (TPSA) is 114 Å². The van der Waals surface area contributed by atoms with Crippen LogP contribution >= 0.6 is 0 Å². The van der Waals surface area contributed by atoms with Crippen LogP contribution in [-0.4, -0.2) is 148 Å². The summed E-state index contributed by atoms with van der Waals surface area (Å²) in [5.74, 6) is -2.65. The van der Waals surface area contributed by atoms with Crippen molar-refractivity contribution in [2.75, 3.05) is 76.2 Å². The molecule has 2 aromatic heterocycles. The average molecular weight is 739 g/mol. The number of fused-ring (bicyclic) bond motifs is 2. The molecule has 13 nitrogen and oxygen atoms in total. The van der Waals surface area contributed by atoms with Gasteiger partial charge in [-0.25, -0.2) is 27.5 Å². The van der Waals surface area contributed by atoms with Crippen LogP contribution in [0.3, 0.4) is 0 Å². The Morgan fingerprint density at radius 1 is 1.06 bits per heavy atom. The van der Waals surface area contributed by atoms with Crippen LogP contribution in [0.1, 0.15) is 55.2 Å². The summed E-state index contributed by atoms with van der Waals surface area (Å²) in [5.41, 5.74) is 3.95. The highest BCUT2D eigenvalue weighted by Crippen LogP contribution is 2.39. The molecule has 4 fully saturated rings. The van der Waals surface area contributed by atoms with Crippen LogP contribution in [0.15, 0.2) is 30.5 Å². The van der Waals surface area contributed by atoms with Crippen LogP contribution < -0.4 is 15.5 Å². The number of rotatable bonds is 8. The van der Waals surface area contributed by atoms with Gasteiger partial charge < -0.3 is 25.2 Å². The highest BCUT2D eigenvalue weighted by atomic mass is 19.3. The average Bonchev–Trinajstić information content (AvgIpc) is 3.42. The second-order valence-corrected chi connectivity index (χ2v) is 16.1. The van der Waals surface area contributed by atoms with Gasteiger partial charge in [-0.2, -0.15) is 0 Å². The third kappa shape index (κ3) is 7.12. The molecular weight excluding hydrogens is 689 g/mol. The minimum absolute atomic E-state index is 0.224. The Bertz CT molecular complexity index is 1870. The lowest BCUT2D eigenvalue weighted by Crippen LogP contribution is -2.69. The molecule has 1 unspecified atom stereocenters. The first-order valence-electron chi connectivity index (χ1n) is 18.7. The molecule has 2 N–H and O–H groups in total. The van der Waals surface area contributed by atoms with Crippen molar-refractivity contribution in [1.82, 2.24) is 39.5 Å². The summed E-state index contributed by atoms with van der Waals surface area (Å²) in [5, 5.41) is 10.7. The molecule has 1 saturated carbocycles. The normalized spacial score (nSPS) is 25.3. The van der Waals surface area contributed by atoms with Gasteiger partial charge in [-0.05, 0) is 50.8 Å². The Balaban J connectivity index is 0.889. The number of nitrogens with zero attached hydrogens (tertiary/aromatic N) is 8. The van der Waals surface area contributed by atoms with E-state index in [1.54, 1.807) is 11.9 Å². The molecule has 1 aromatic carbocycles. The van der Waals surface area contributed by atoms with Crippen molar-refractivity contribution in [3.05, 3.63) is 47.3 Å². The van der Waals surface area contributed by atoms with Crippen LogP contribution in [0.25, 0.3) is 5.65 Å². The fraction of sp³-hybridized carbons (Fsp3) is 0.622. The van der Waals surface area contributed by atoms with Crippen molar-refractivity contribution in [2.24, 2.45) is 0 Å². The van der Waals surface area contributed by atoms with E-state index >= 15 is 8.78 Å². The lowest BCUT2D eigenvalue weighted by atomic mass is 9.93. The second-order valence-electron chi connectivity index (χ2n) is 16.1. The number of likely N-dealkylation sites (tertiary alicyclic amines) is 2. The molecule has 5 aliphatic rings. The van der Waals surface area contributed by atoms with Gasteiger partial charge in [0.1, 0.15) is 11.8 Å². The minimum Gasteiger partial charge on any atom is -0.444 e. The number of anilines is 3. The van der Waals surface area contributed by atoms with Gasteiger partial charge in [0.2, 0.25) is 0 Å². The van der Waals surface area contributed by atoms with Crippen molar-refractivity contribution in [3.63, 3.8) is 0 Å². The number of aromatic nitrogens is 3. The summed E-state index contributed by atoms with van der Waals surface area (Å²) in [4.78, 5) is 39.8. The number of alkyl halides is 3. The molecular formula is C37H49F3N10O3. The zero-order valence-electron chi connectivity index (χ0n) is 30.8. The summed E-state index contributed by atoms with van der Waals surface area (Å²) in [7, 11) is 1.78. The van der Waals surface area contributed by atoms with E-state index in [2.05, 4.69) is 25.4 Å².